The number of hydrogen-bond acceptors (Lipinski definition) is 4. The first-order valence-corrected chi connectivity index (χ1v) is 6.91. The van der Waals surface area contributed by atoms with Crippen LogP contribution in [0.3, 0.4) is 0 Å². The van der Waals surface area contributed by atoms with Gasteiger partial charge in [-0.2, -0.15) is 0 Å². The van der Waals surface area contributed by atoms with Crippen molar-refractivity contribution in [3.05, 3.63) is 47.3 Å². The molecule has 0 saturated carbocycles. The fourth-order valence-electron chi connectivity index (χ4n) is 2.08. The Kier molecular flexibility index (Phi) is 5.03. The summed E-state index contributed by atoms with van der Waals surface area (Å²) in [5.74, 6) is 0.493. The molecule has 2 rings (SSSR count). The summed E-state index contributed by atoms with van der Waals surface area (Å²) in [6.07, 6.45) is 2.18. The van der Waals surface area contributed by atoms with Crippen LogP contribution in [0.1, 0.15) is 25.0 Å². The third-order valence-electron chi connectivity index (χ3n) is 3.10. The van der Waals surface area contributed by atoms with Crippen LogP contribution < -0.4 is 10.6 Å². The van der Waals surface area contributed by atoms with Crippen LogP contribution in [-0.4, -0.2) is 16.5 Å². The van der Waals surface area contributed by atoms with E-state index in [4.69, 9.17) is 0 Å². The molecule has 0 aliphatic rings. The van der Waals surface area contributed by atoms with Gasteiger partial charge in [0.25, 0.3) is 0 Å². The lowest BCUT2D eigenvalue weighted by atomic mass is 10.2. The van der Waals surface area contributed by atoms with Crippen molar-refractivity contribution >= 4 is 11.6 Å². The topological polar surface area (TPSA) is 49.8 Å². The maximum Gasteiger partial charge on any atom is 0.134 e. The van der Waals surface area contributed by atoms with Crippen LogP contribution in [-0.2, 0) is 13.0 Å². The second-order valence-corrected chi connectivity index (χ2v) is 4.52. The summed E-state index contributed by atoms with van der Waals surface area (Å²) in [6.45, 7) is 4.89. The molecule has 0 aliphatic carbocycles. The third kappa shape index (κ3) is 3.65. The number of nitrogens with zero attached hydrogens (tertiary/aromatic N) is 2. The Morgan fingerprint density at radius 1 is 1.05 bits per heavy atom. The lowest BCUT2D eigenvalue weighted by Crippen LogP contribution is -2.10. The van der Waals surface area contributed by atoms with Crippen molar-refractivity contribution in [1.29, 1.82) is 0 Å². The van der Waals surface area contributed by atoms with Crippen LogP contribution in [0.15, 0.2) is 24.5 Å². The van der Waals surface area contributed by atoms with Gasteiger partial charge in [0.15, 0.2) is 0 Å². The van der Waals surface area contributed by atoms with Crippen molar-refractivity contribution in [3.8, 4) is 0 Å². The largest absolute Gasteiger partial charge is 0.370 e. The van der Waals surface area contributed by atoms with Crippen molar-refractivity contribution in [2.45, 2.75) is 26.8 Å². The normalized spacial score (nSPS) is 10.5. The number of anilines is 2. The van der Waals surface area contributed by atoms with Crippen molar-refractivity contribution in [2.75, 3.05) is 17.2 Å². The molecule has 0 bridgehead atoms. The van der Waals surface area contributed by atoms with Crippen LogP contribution >= 0.6 is 0 Å². The zero-order valence-electron chi connectivity index (χ0n) is 12.1. The van der Waals surface area contributed by atoms with E-state index in [1.165, 1.54) is 12.4 Å². The zero-order valence-corrected chi connectivity index (χ0v) is 12.1. The van der Waals surface area contributed by atoms with Gasteiger partial charge in [0, 0.05) is 24.2 Å². The molecule has 2 N–H and O–H groups in total. The summed E-state index contributed by atoms with van der Waals surface area (Å²) in [5, 5.41) is 6.21. The molecule has 0 unspecified atom stereocenters. The highest BCUT2D eigenvalue weighted by atomic mass is 19.1. The van der Waals surface area contributed by atoms with E-state index in [1.807, 2.05) is 13.8 Å². The van der Waals surface area contributed by atoms with Gasteiger partial charge in [-0.25, -0.2) is 18.7 Å². The Balaban J connectivity index is 2.19. The second-order valence-electron chi connectivity index (χ2n) is 4.52. The maximum absolute atomic E-state index is 13.6. The van der Waals surface area contributed by atoms with Crippen molar-refractivity contribution < 1.29 is 8.78 Å². The molecule has 0 fully saturated rings. The lowest BCUT2D eigenvalue weighted by molar-refractivity contribution is 0.587. The molecule has 4 nitrogen and oxygen atoms in total. The second kappa shape index (κ2) is 6.97. The van der Waals surface area contributed by atoms with Gasteiger partial charge in [-0.1, -0.05) is 6.92 Å². The van der Waals surface area contributed by atoms with Gasteiger partial charge in [-0.3, -0.25) is 0 Å². The molecule has 0 spiro atoms. The van der Waals surface area contributed by atoms with E-state index in [9.17, 15) is 8.78 Å². The Morgan fingerprint density at radius 3 is 2.43 bits per heavy atom. The van der Waals surface area contributed by atoms with E-state index in [2.05, 4.69) is 20.6 Å². The number of aromatic nitrogens is 2. The fraction of sp³-hybridized carbons (Fsp3) is 0.333. The van der Waals surface area contributed by atoms with E-state index in [1.54, 1.807) is 0 Å². The minimum absolute atomic E-state index is 0.166. The van der Waals surface area contributed by atoms with E-state index in [0.717, 1.165) is 36.5 Å². The van der Waals surface area contributed by atoms with E-state index in [0.29, 0.717) is 5.82 Å². The van der Waals surface area contributed by atoms with Gasteiger partial charge < -0.3 is 10.6 Å². The van der Waals surface area contributed by atoms with Crippen LogP contribution in [0, 0.1) is 11.6 Å². The Labute approximate surface area is 122 Å². The van der Waals surface area contributed by atoms with Crippen molar-refractivity contribution in [2.24, 2.45) is 0 Å². The Morgan fingerprint density at radius 2 is 1.76 bits per heavy atom. The summed E-state index contributed by atoms with van der Waals surface area (Å²) >= 11 is 0. The smallest absolute Gasteiger partial charge is 0.134 e. The molecular formula is C15H18F2N4. The predicted octanol–water partition coefficient (Wildman–Crippen LogP) is 3.36. The minimum atomic E-state index is -0.458. The van der Waals surface area contributed by atoms with Crippen LogP contribution in [0.25, 0.3) is 0 Å². The summed E-state index contributed by atoms with van der Waals surface area (Å²) < 4.78 is 26.8. The molecule has 0 radical (unpaired) electrons. The van der Waals surface area contributed by atoms with Crippen LogP contribution in [0.4, 0.5) is 20.4 Å². The third-order valence-corrected chi connectivity index (χ3v) is 3.10. The summed E-state index contributed by atoms with van der Waals surface area (Å²) in [5.41, 5.74) is 1.19. The Hall–Kier alpha value is -2.24. The molecule has 1 heterocycles. The molecule has 2 aromatic rings. The number of hydrogen-bond donors (Lipinski definition) is 2. The van der Waals surface area contributed by atoms with Gasteiger partial charge >= 0.3 is 0 Å². The van der Waals surface area contributed by atoms with E-state index in [-0.39, 0.29) is 12.1 Å². The monoisotopic (exact) mass is 292 g/mol. The molecule has 21 heavy (non-hydrogen) atoms. The summed E-state index contributed by atoms with van der Waals surface area (Å²) in [7, 11) is 0. The first kappa shape index (κ1) is 15.2. The molecule has 0 aliphatic heterocycles. The van der Waals surface area contributed by atoms with Crippen molar-refractivity contribution in [1.82, 2.24) is 9.97 Å². The lowest BCUT2D eigenvalue weighted by Gasteiger charge is -2.14. The average molecular weight is 292 g/mol. The van der Waals surface area contributed by atoms with Crippen LogP contribution in [0.2, 0.25) is 0 Å². The first-order chi connectivity index (χ1) is 10.2. The molecule has 6 heteroatoms. The Bertz CT molecular complexity index is 617. The van der Waals surface area contributed by atoms with E-state index >= 15 is 0 Å². The van der Waals surface area contributed by atoms with Gasteiger partial charge in [-0.05, 0) is 31.5 Å². The summed E-state index contributed by atoms with van der Waals surface area (Å²) in [4.78, 5) is 8.37. The molecule has 1 aromatic carbocycles. The molecule has 1 aromatic heterocycles. The first-order valence-electron chi connectivity index (χ1n) is 6.91. The van der Waals surface area contributed by atoms with Gasteiger partial charge in [0.2, 0.25) is 0 Å². The van der Waals surface area contributed by atoms with Gasteiger partial charge in [-0.15, -0.1) is 0 Å². The highest BCUT2D eigenvalue weighted by molar-refractivity contribution is 5.57. The molecule has 0 amide bonds. The fourth-order valence-corrected chi connectivity index (χ4v) is 2.08. The van der Waals surface area contributed by atoms with Gasteiger partial charge in [0.1, 0.15) is 29.6 Å². The van der Waals surface area contributed by atoms with Gasteiger partial charge in [0.05, 0.1) is 0 Å². The SMILES string of the molecule is CCNc1ncnc(NCc2cc(F)ccc2F)c1CC. The summed E-state index contributed by atoms with van der Waals surface area (Å²) in [6, 6.07) is 3.40. The number of nitrogens with one attached hydrogen (secondary N) is 2. The zero-order chi connectivity index (χ0) is 15.2. The molecule has 112 valence electrons. The minimum Gasteiger partial charge on any atom is -0.370 e. The molecule has 0 atom stereocenters. The predicted molar refractivity (Wildman–Crippen MR) is 79.3 cm³/mol. The number of halogens is 2. The number of benzene rings is 1. The number of rotatable bonds is 6. The quantitative estimate of drug-likeness (QED) is 0.857. The average Bonchev–Trinajstić information content (AvgIpc) is 2.48. The van der Waals surface area contributed by atoms with Crippen molar-refractivity contribution in [3.63, 3.8) is 0 Å². The molecular weight excluding hydrogens is 274 g/mol. The van der Waals surface area contributed by atoms with Crippen LogP contribution in [0.5, 0.6) is 0 Å². The standard InChI is InChI=1S/C15H18F2N4/c1-3-12-14(18-4-2)20-9-21-15(12)19-8-10-7-11(16)5-6-13(10)17/h5-7,9H,3-4,8H2,1-2H3,(H2,18,19,20,21). The highest BCUT2D eigenvalue weighted by Crippen LogP contribution is 2.21. The van der Waals surface area contributed by atoms with E-state index < -0.39 is 11.6 Å². The molecule has 0 saturated heterocycles. The maximum atomic E-state index is 13.6. The highest BCUT2D eigenvalue weighted by Gasteiger charge is 2.10.